The van der Waals surface area contributed by atoms with E-state index in [-0.39, 0.29) is 42.9 Å². The third-order valence-corrected chi connectivity index (χ3v) is 9.74. The predicted molar refractivity (Wildman–Crippen MR) is 144 cm³/mol. The third-order valence-electron chi connectivity index (χ3n) is 9.74. The van der Waals surface area contributed by atoms with Gasteiger partial charge in [-0.3, -0.25) is 14.4 Å². The largest absolute Gasteiger partial charge is 0.465 e. The van der Waals surface area contributed by atoms with Gasteiger partial charge in [0.25, 0.3) is 0 Å². The van der Waals surface area contributed by atoms with Crippen molar-refractivity contribution < 1.29 is 29.0 Å². The molecule has 1 spiro atoms. The molecule has 38 heavy (non-hydrogen) atoms. The van der Waals surface area contributed by atoms with Crippen molar-refractivity contribution in [3.05, 3.63) is 25.3 Å². The highest BCUT2D eigenvalue weighted by Gasteiger charge is 2.81. The number of esters is 1. The van der Waals surface area contributed by atoms with E-state index in [0.29, 0.717) is 19.4 Å². The van der Waals surface area contributed by atoms with Gasteiger partial charge in [-0.1, -0.05) is 52.2 Å². The summed E-state index contributed by atoms with van der Waals surface area (Å²) in [6.45, 7) is 15.7. The first-order chi connectivity index (χ1) is 18.1. The minimum absolute atomic E-state index is 0.0621. The van der Waals surface area contributed by atoms with Gasteiger partial charge >= 0.3 is 5.97 Å². The van der Waals surface area contributed by atoms with Gasteiger partial charge in [-0.25, -0.2) is 0 Å². The molecule has 212 valence electrons. The summed E-state index contributed by atoms with van der Waals surface area (Å²) >= 11 is 0. The lowest BCUT2D eigenvalue weighted by molar-refractivity contribution is -0.164. The van der Waals surface area contributed by atoms with Crippen molar-refractivity contribution in [2.75, 3.05) is 19.8 Å². The Morgan fingerprint density at radius 3 is 2.50 bits per heavy atom. The smallest absolute Gasteiger partial charge is 0.312 e. The molecule has 4 fully saturated rings. The Labute approximate surface area is 227 Å². The summed E-state index contributed by atoms with van der Waals surface area (Å²) in [6.07, 6.45) is 9.53. The van der Waals surface area contributed by atoms with Crippen LogP contribution in [-0.4, -0.2) is 81.8 Å². The summed E-state index contributed by atoms with van der Waals surface area (Å²) < 4.78 is 12.4. The van der Waals surface area contributed by atoms with Gasteiger partial charge in [0.05, 0.1) is 30.8 Å². The lowest BCUT2D eigenvalue weighted by Gasteiger charge is -2.43. The van der Waals surface area contributed by atoms with Crippen LogP contribution in [0, 0.1) is 23.7 Å². The molecule has 0 aromatic heterocycles. The Morgan fingerprint density at radius 2 is 1.92 bits per heavy atom. The van der Waals surface area contributed by atoms with Crippen LogP contribution in [0.3, 0.4) is 0 Å². The fourth-order valence-corrected chi connectivity index (χ4v) is 7.73. The van der Waals surface area contributed by atoms with Crippen molar-refractivity contribution in [2.45, 2.75) is 102 Å². The number of hydrogen-bond donors (Lipinski definition) is 1. The molecule has 3 saturated heterocycles. The van der Waals surface area contributed by atoms with E-state index in [9.17, 15) is 19.5 Å². The number of carbonyl (C=O) groups is 3. The average molecular weight is 531 g/mol. The van der Waals surface area contributed by atoms with E-state index in [2.05, 4.69) is 13.2 Å². The van der Waals surface area contributed by atoms with E-state index in [1.165, 1.54) is 0 Å². The van der Waals surface area contributed by atoms with Crippen LogP contribution in [0.1, 0.15) is 72.6 Å². The fraction of sp³-hybridized carbons (Fsp3) is 0.767. The molecule has 1 saturated carbocycles. The molecule has 8 heteroatoms. The Kier molecular flexibility index (Phi) is 8.43. The normalized spacial score (nSPS) is 35.3. The monoisotopic (exact) mass is 530 g/mol. The van der Waals surface area contributed by atoms with Gasteiger partial charge in [0.15, 0.2) is 0 Å². The lowest BCUT2D eigenvalue weighted by atomic mass is 9.62. The molecule has 4 aliphatic rings. The number of carbonyl (C=O) groups excluding carboxylic acids is 3. The molecule has 0 aromatic carbocycles. The summed E-state index contributed by atoms with van der Waals surface area (Å²) in [6, 6.07) is -1.42. The summed E-state index contributed by atoms with van der Waals surface area (Å²) in [5.74, 6) is -2.73. The van der Waals surface area contributed by atoms with E-state index < -0.39 is 41.1 Å². The van der Waals surface area contributed by atoms with Gasteiger partial charge in [-0.2, -0.15) is 0 Å². The van der Waals surface area contributed by atoms with Gasteiger partial charge in [0.1, 0.15) is 17.6 Å². The summed E-state index contributed by atoms with van der Waals surface area (Å²) in [5.41, 5.74) is -2.07. The zero-order valence-corrected chi connectivity index (χ0v) is 23.6. The first kappa shape index (κ1) is 28.8. The van der Waals surface area contributed by atoms with Crippen molar-refractivity contribution in [3.63, 3.8) is 0 Å². The third kappa shape index (κ3) is 4.41. The van der Waals surface area contributed by atoms with Crippen LogP contribution >= 0.6 is 0 Å². The first-order valence-corrected chi connectivity index (χ1v) is 14.4. The zero-order chi connectivity index (χ0) is 27.8. The van der Waals surface area contributed by atoms with Crippen molar-refractivity contribution >= 4 is 17.8 Å². The second kappa shape index (κ2) is 11.1. The topological polar surface area (TPSA) is 96.4 Å². The Balaban J connectivity index is 1.81. The van der Waals surface area contributed by atoms with Crippen LogP contribution in [0.5, 0.6) is 0 Å². The molecule has 2 amide bonds. The van der Waals surface area contributed by atoms with Crippen molar-refractivity contribution in [3.8, 4) is 0 Å². The number of ether oxygens (including phenoxy) is 2. The first-order valence-electron chi connectivity index (χ1n) is 14.4. The van der Waals surface area contributed by atoms with E-state index in [1.807, 2.05) is 32.6 Å². The van der Waals surface area contributed by atoms with Crippen LogP contribution in [-0.2, 0) is 23.9 Å². The average Bonchev–Trinajstić information content (AvgIpc) is 3.40. The Hall–Kier alpha value is -2.19. The van der Waals surface area contributed by atoms with Gasteiger partial charge in [0, 0.05) is 12.6 Å². The maximum absolute atomic E-state index is 14.7. The van der Waals surface area contributed by atoms with Crippen LogP contribution in [0.15, 0.2) is 25.3 Å². The number of aliphatic hydroxyl groups is 1. The predicted octanol–water partition coefficient (Wildman–Crippen LogP) is 3.48. The van der Waals surface area contributed by atoms with E-state index in [1.54, 1.807) is 17.1 Å². The molecule has 0 radical (unpaired) electrons. The second-order valence-corrected chi connectivity index (χ2v) is 12.3. The minimum atomic E-state index is -1.15. The van der Waals surface area contributed by atoms with E-state index >= 15 is 0 Å². The molecule has 3 heterocycles. The molecule has 3 aliphatic heterocycles. The highest BCUT2D eigenvalue weighted by atomic mass is 16.6. The molecule has 2 bridgehead atoms. The zero-order valence-electron chi connectivity index (χ0n) is 23.6. The van der Waals surface area contributed by atoms with Crippen molar-refractivity contribution in [2.24, 2.45) is 23.7 Å². The van der Waals surface area contributed by atoms with Crippen LogP contribution in [0.2, 0.25) is 0 Å². The number of nitrogens with zero attached hydrogens (tertiary/aromatic N) is 2. The van der Waals surface area contributed by atoms with E-state index in [0.717, 1.165) is 32.1 Å². The fourth-order valence-electron chi connectivity index (χ4n) is 7.73. The van der Waals surface area contributed by atoms with Gasteiger partial charge in [-0.05, 0) is 44.4 Å². The molecular formula is C30H46N2O6. The number of hydrogen-bond acceptors (Lipinski definition) is 6. The highest BCUT2D eigenvalue weighted by Crippen LogP contribution is 2.66. The van der Waals surface area contributed by atoms with Crippen LogP contribution in [0.25, 0.3) is 0 Å². The van der Waals surface area contributed by atoms with Crippen molar-refractivity contribution in [1.29, 1.82) is 0 Å². The van der Waals surface area contributed by atoms with Gasteiger partial charge in [-0.15, -0.1) is 13.2 Å². The summed E-state index contributed by atoms with van der Waals surface area (Å²) in [5, 5.41) is 10.4. The highest BCUT2D eigenvalue weighted by molar-refractivity contribution is 5.99. The summed E-state index contributed by atoms with van der Waals surface area (Å²) in [7, 11) is 0. The van der Waals surface area contributed by atoms with Gasteiger partial charge < -0.3 is 24.4 Å². The quantitative estimate of drug-likeness (QED) is 0.250. The number of aliphatic hydroxyl groups excluding tert-OH is 1. The lowest BCUT2D eigenvalue weighted by Crippen LogP contribution is -2.61. The molecular weight excluding hydrogens is 484 g/mol. The molecule has 8 nitrogen and oxygen atoms in total. The summed E-state index contributed by atoms with van der Waals surface area (Å²) in [4.78, 5) is 46.0. The molecule has 3 unspecified atom stereocenters. The SMILES string of the molecule is C=CCCOC(=O)[C@@H]1[C@H]2C(=O)N([C@@H](CO)C(C)C)C(C(=O)N(CC=C)C3CCCCC3)C23CC(C)[C@@]1(C)O3. The molecule has 1 aliphatic carbocycles. The molecule has 4 rings (SSSR count). The Bertz CT molecular complexity index is 945. The standard InChI is InChI=1S/C30H46N2O6/c1-7-9-16-37-28(36)24-23-26(34)32(22(18-33)19(3)4)25(30(23)17-20(5)29(24,6)38-30)27(35)31(15-8-2)21-13-11-10-12-14-21/h7-8,19-25,33H,1-2,9-18H2,3-6H3/t20?,22-,23-,24-,25?,29+,30?/m0/s1. The number of likely N-dealkylation sites (tertiary alicyclic amines) is 1. The molecule has 0 aromatic rings. The maximum atomic E-state index is 14.7. The van der Waals surface area contributed by atoms with Crippen LogP contribution in [0.4, 0.5) is 0 Å². The van der Waals surface area contributed by atoms with Crippen molar-refractivity contribution in [1.82, 2.24) is 9.80 Å². The van der Waals surface area contributed by atoms with Gasteiger partial charge in [0.2, 0.25) is 11.8 Å². The molecule has 1 N–H and O–H groups in total. The number of amides is 2. The number of fused-ring (bicyclic) bond motifs is 1. The number of rotatable bonds is 11. The molecule has 7 atom stereocenters. The minimum Gasteiger partial charge on any atom is -0.465 e. The maximum Gasteiger partial charge on any atom is 0.312 e. The van der Waals surface area contributed by atoms with E-state index in [4.69, 9.17) is 9.47 Å². The Morgan fingerprint density at radius 1 is 1.24 bits per heavy atom. The second-order valence-electron chi connectivity index (χ2n) is 12.3. The van der Waals surface area contributed by atoms with Crippen LogP contribution < -0.4 is 0 Å².